The van der Waals surface area contributed by atoms with E-state index in [0.717, 1.165) is 11.3 Å². The Balaban J connectivity index is 1.85. The molecule has 1 aromatic carbocycles. The van der Waals surface area contributed by atoms with Crippen LogP contribution in [-0.2, 0) is 17.8 Å². The zero-order valence-electron chi connectivity index (χ0n) is 13.9. The number of carbonyl (C=O) groups excluding carboxylic acids is 1. The maximum Gasteiger partial charge on any atom is 0.220 e. The van der Waals surface area contributed by atoms with Crippen molar-refractivity contribution in [2.75, 3.05) is 14.2 Å². The predicted molar refractivity (Wildman–Crippen MR) is 85.7 cm³/mol. The number of carbonyl (C=O) groups is 1. The van der Waals surface area contributed by atoms with E-state index in [1.54, 1.807) is 21.1 Å². The van der Waals surface area contributed by atoms with Crippen molar-refractivity contribution in [1.29, 1.82) is 0 Å². The first-order valence-electron chi connectivity index (χ1n) is 7.44. The molecule has 1 amide bonds. The average molecular weight is 318 g/mol. The first-order valence-corrected chi connectivity index (χ1v) is 7.44. The average Bonchev–Trinajstić information content (AvgIpc) is 2.88. The lowest BCUT2D eigenvalue weighted by atomic mass is 10.1. The highest BCUT2D eigenvalue weighted by Crippen LogP contribution is 2.27. The summed E-state index contributed by atoms with van der Waals surface area (Å²) in [5.41, 5.74) is 1.83. The van der Waals surface area contributed by atoms with Gasteiger partial charge >= 0.3 is 0 Å². The molecule has 0 atom stereocenters. The molecule has 0 saturated heterocycles. The van der Waals surface area contributed by atoms with Gasteiger partial charge in [-0.05, 0) is 31.0 Å². The lowest BCUT2D eigenvalue weighted by molar-refractivity contribution is -0.121. The second kappa shape index (κ2) is 7.67. The summed E-state index contributed by atoms with van der Waals surface area (Å²) in [6.07, 6.45) is 1.02. The number of hydrogen-bond acceptors (Lipinski definition) is 5. The topological polar surface area (TPSA) is 73.6 Å². The highest BCUT2D eigenvalue weighted by atomic mass is 16.5. The Kier molecular flexibility index (Phi) is 5.62. The normalized spacial score (nSPS) is 10.4. The van der Waals surface area contributed by atoms with Crippen LogP contribution in [0.15, 0.2) is 22.6 Å². The first kappa shape index (κ1) is 16.9. The van der Waals surface area contributed by atoms with Gasteiger partial charge in [-0.3, -0.25) is 4.79 Å². The van der Waals surface area contributed by atoms with Gasteiger partial charge in [-0.15, -0.1) is 0 Å². The highest BCUT2D eigenvalue weighted by molar-refractivity contribution is 5.76. The number of rotatable bonds is 7. The van der Waals surface area contributed by atoms with Crippen molar-refractivity contribution in [3.63, 3.8) is 0 Å². The number of hydrogen-bond donors (Lipinski definition) is 1. The van der Waals surface area contributed by atoms with Crippen molar-refractivity contribution >= 4 is 5.91 Å². The van der Waals surface area contributed by atoms with Crippen LogP contribution in [0.4, 0.5) is 0 Å². The van der Waals surface area contributed by atoms with Crippen LogP contribution in [0.3, 0.4) is 0 Å². The second-order valence-electron chi connectivity index (χ2n) is 5.21. The molecule has 0 aliphatic heterocycles. The summed E-state index contributed by atoms with van der Waals surface area (Å²) < 4.78 is 15.9. The number of ether oxygens (including phenoxy) is 2. The minimum Gasteiger partial charge on any atom is -0.493 e. The van der Waals surface area contributed by atoms with Crippen LogP contribution in [0.5, 0.6) is 11.5 Å². The third-order valence-corrected chi connectivity index (χ3v) is 3.53. The van der Waals surface area contributed by atoms with Gasteiger partial charge in [0.05, 0.1) is 26.5 Å². The zero-order chi connectivity index (χ0) is 16.8. The molecule has 0 spiro atoms. The summed E-state index contributed by atoms with van der Waals surface area (Å²) in [6, 6.07) is 5.65. The third-order valence-electron chi connectivity index (χ3n) is 3.53. The lowest BCUT2D eigenvalue weighted by Crippen LogP contribution is -2.23. The standard InChI is InChI=1S/C17H22N2O4/c1-11-16(23-12(2)19-11)10-18-17(20)8-6-13-5-7-14(21-3)15(9-13)22-4/h5,7,9H,6,8,10H2,1-4H3,(H,18,20). The highest BCUT2D eigenvalue weighted by Gasteiger charge is 2.10. The summed E-state index contributed by atoms with van der Waals surface area (Å²) in [5.74, 6) is 2.61. The van der Waals surface area contributed by atoms with Gasteiger partial charge in [0.15, 0.2) is 17.4 Å². The van der Waals surface area contributed by atoms with Crippen molar-refractivity contribution in [2.45, 2.75) is 33.2 Å². The van der Waals surface area contributed by atoms with Crippen LogP contribution in [-0.4, -0.2) is 25.1 Å². The van der Waals surface area contributed by atoms with E-state index in [1.165, 1.54) is 0 Å². The van der Waals surface area contributed by atoms with Gasteiger partial charge in [0, 0.05) is 13.3 Å². The number of oxazole rings is 1. The van der Waals surface area contributed by atoms with E-state index in [2.05, 4.69) is 10.3 Å². The second-order valence-corrected chi connectivity index (χ2v) is 5.21. The number of aryl methyl sites for hydroxylation is 3. The molecule has 0 bridgehead atoms. The summed E-state index contributed by atoms with van der Waals surface area (Å²) in [4.78, 5) is 16.1. The van der Waals surface area contributed by atoms with Gasteiger partial charge in [-0.1, -0.05) is 6.07 Å². The monoisotopic (exact) mass is 318 g/mol. The summed E-state index contributed by atoms with van der Waals surface area (Å²) >= 11 is 0. The number of aromatic nitrogens is 1. The Morgan fingerprint density at radius 3 is 2.57 bits per heavy atom. The largest absolute Gasteiger partial charge is 0.493 e. The van der Waals surface area contributed by atoms with Gasteiger partial charge in [0.1, 0.15) is 5.76 Å². The first-order chi connectivity index (χ1) is 11.0. The molecule has 0 aliphatic carbocycles. The molecule has 0 radical (unpaired) electrons. The summed E-state index contributed by atoms with van der Waals surface area (Å²) in [7, 11) is 3.19. The van der Waals surface area contributed by atoms with Crippen molar-refractivity contribution in [3.05, 3.63) is 41.1 Å². The quantitative estimate of drug-likeness (QED) is 0.849. The van der Waals surface area contributed by atoms with E-state index in [9.17, 15) is 4.79 Å². The van der Waals surface area contributed by atoms with Crippen molar-refractivity contribution in [1.82, 2.24) is 10.3 Å². The fraction of sp³-hybridized carbons (Fsp3) is 0.412. The maximum atomic E-state index is 12.0. The molecule has 6 heteroatoms. The molecule has 0 fully saturated rings. The van der Waals surface area contributed by atoms with E-state index in [-0.39, 0.29) is 5.91 Å². The molecule has 0 aliphatic rings. The van der Waals surface area contributed by atoms with Gasteiger partial charge in [-0.25, -0.2) is 4.98 Å². The molecule has 2 aromatic rings. The minimum absolute atomic E-state index is 0.0340. The summed E-state index contributed by atoms with van der Waals surface area (Å²) in [6.45, 7) is 4.01. The Labute approximate surface area is 135 Å². The molecule has 1 aromatic heterocycles. The van der Waals surface area contributed by atoms with E-state index in [4.69, 9.17) is 13.9 Å². The number of methoxy groups -OCH3 is 2. The van der Waals surface area contributed by atoms with Gasteiger partial charge in [0.25, 0.3) is 0 Å². The molecule has 2 rings (SSSR count). The Morgan fingerprint density at radius 1 is 1.22 bits per heavy atom. The molecule has 124 valence electrons. The molecular weight excluding hydrogens is 296 g/mol. The molecule has 0 unspecified atom stereocenters. The Morgan fingerprint density at radius 2 is 1.96 bits per heavy atom. The molecule has 1 heterocycles. The van der Waals surface area contributed by atoms with E-state index >= 15 is 0 Å². The predicted octanol–water partition coefficient (Wildman–Crippen LogP) is 2.56. The summed E-state index contributed by atoms with van der Waals surface area (Å²) in [5, 5.41) is 2.85. The zero-order valence-corrected chi connectivity index (χ0v) is 13.9. The van der Waals surface area contributed by atoms with E-state index in [1.807, 2.05) is 25.1 Å². The van der Waals surface area contributed by atoms with Gasteiger partial charge in [-0.2, -0.15) is 0 Å². The van der Waals surface area contributed by atoms with Crippen LogP contribution < -0.4 is 14.8 Å². The van der Waals surface area contributed by atoms with Crippen LogP contribution in [0.25, 0.3) is 0 Å². The number of benzene rings is 1. The van der Waals surface area contributed by atoms with Crippen LogP contribution in [0.2, 0.25) is 0 Å². The van der Waals surface area contributed by atoms with Gasteiger partial charge < -0.3 is 19.2 Å². The molecule has 6 nitrogen and oxygen atoms in total. The van der Waals surface area contributed by atoms with E-state index < -0.39 is 0 Å². The van der Waals surface area contributed by atoms with Gasteiger partial charge in [0.2, 0.25) is 5.91 Å². The fourth-order valence-corrected chi connectivity index (χ4v) is 2.30. The fourth-order valence-electron chi connectivity index (χ4n) is 2.30. The number of amides is 1. The van der Waals surface area contributed by atoms with Crippen molar-refractivity contribution in [2.24, 2.45) is 0 Å². The molecule has 23 heavy (non-hydrogen) atoms. The Bertz CT molecular complexity index is 679. The maximum absolute atomic E-state index is 12.0. The van der Waals surface area contributed by atoms with Crippen molar-refractivity contribution in [3.8, 4) is 11.5 Å². The van der Waals surface area contributed by atoms with Crippen LogP contribution in [0.1, 0.15) is 29.3 Å². The molecule has 1 N–H and O–H groups in total. The Hall–Kier alpha value is -2.50. The molecule has 0 saturated carbocycles. The van der Waals surface area contributed by atoms with Crippen molar-refractivity contribution < 1.29 is 18.7 Å². The third kappa shape index (κ3) is 4.48. The molecular formula is C17H22N2O4. The minimum atomic E-state index is -0.0340. The van der Waals surface area contributed by atoms with Crippen LogP contribution >= 0.6 is 0 Å². The number of nitrogens with one attached hydrogen (secondary N) is 1. The van der Waals surface area contributed by atoms with Crippen LogP contribution in [0, 0.1) is 13.8 Å². The lowest BCUT2D eigenvalue weighted by Gasteiger charge is -2.09. The van der Waals surface area contributed by atoms with E-state index in [0.29, 0.717) is 42.5 Å². The SMILES string of the molecule is COc1ccc(CCC(=O)NCc2oc(C)nc2C)cc1OC. The number of nitrogens with zero attached hydrogens (tertiary/aromatic N) is 1. The smallest absolute Gasteiger partial charge is 0.220 e.